The van der Waals surface area contributed by atoms with E-state index < -0.39 is 0 Å². The number of aliphatic hydroxyl groups excluding tert-OH is 1. The van der Waals surface area contributed by atoms with Crippen molar-refractivity contribution in [3.63, 3.8) is 0 Å². The van der Waals surface area contributed by atoms with Crippen LogP contribution in [0.25, 0.3) is 6.08 Å². The molecule has 33 heavy (non-hydrogen) atoms. The molecule has 1 fully saturated rings. The average Bonchev–Trinajstić information content (AvgIpc) is 2.83. The van der Waals surface area contributed by atoms with Gasteiger partial charge in [-0.05, 0) is 86.8 Å². The minimum Gasteiger partial charge on any atom is -0.393 e. The highest BCUT2D eigenvalue weighted by molar-refractivity contribution is 5.55. The molecule has 3 unspecified atom stereocenters. The first-order valence-electron chi connectivity index (χ1n) is 13.4. The SMILES string of the molecule is CC1C=CC(/C=C/c2ccc(C3CCC(C)CC3)cc2)=CC1.CCOC(C)CCC(O)CC. The fourth-order valence-electron chi connectivity index (χ4n) is 4.53. The Morgan fingerprint density at radius 3 is 2.27 bits per heavy atom. The molecular weight excluding hydrogens is 404 g/mol. The molecular formula is C31H48O2. The van der Waals surface area contributed by atoms with Gasteiger partial charge < -0.3 is 9.84 Å². The molecule has 1 saturated carbocycles. The fraction of sp³-hybridized carbons (Fsp3) is 0.613. The molecule has 2 aliphatic carbocycles. The summed E-state index contributed by atoms with van der Waals surface area (Å²) in [5.41, 5.74) is 4.18. The molecule has 0 aliphatic heterocycles. The van der Waals surface area contributed by atoms with Gasteiger partial charge >= 0.3 is 0 Å². The topological polar surface area (TPSA) is 29.5 Å². The third-order valence-electron chi connectivity index (χ3n) is 7.06. The van der Waals surface area contributed by atoms with Gasteiger partial charge in [-0.25, -0.2) is 0 Å². The summed E-state index contributed by atoms with van der Waals surface area (Å²) in [6.07, 6.45) is 20.8. The smallest absolute Gasteiger partial charge is 0.0547 e. The van der Waals surface area contributed by atoms with Crippen molar-refractivity contribution in [1.82, 2.24) is 0 Å². The van der Waals surface area contributed by atoms with E-state index in [0.29, 0.717) is 12.0 Å². The Hall–Kier alpha value is -1.64. The maximum absolute atomic E-state index is 9.22. The predicted octanol–water partition coefficient (Wildman–Crippen LogP) is 8.48. The van der Waals surface area contributed by atoms with Crippen LogP contribution in [0.15, 0.2) is 54.1 Å². The zero-order valence-corrected chi connectivity index (χ0v) is 21.8. The van der Waals surface area contributed by atoms with E-state index in [9.17, 15) is 5.11 Å². The van der Waals surface area contributed by atoms with Gasteiger partial charge in [0.15, 0.2) is 0 Å². The van der Waals surface area contributed by atoms with Crippen molar-refractivity contribution in [2.45, 2.75) is 104 Å². The van der Waals surface area contributed by atoms with Crippen molar-refractivity contribution in [2.24, 2.45) is 11.8 Å². The minimum absolute atomic E-state index is 0.141. The first-order valence-corrected chi connectivity index (χ1v) is 13.4. The molecule has 184 valence electrons. The normalized spacial score (nSPS) is 24.7. The third-order valence-corrected chi connectivity index (χ3v) is 7.06. The van der Waals surface area contributed by atoms with E-state index in [0.717, 1.165) is 44.1 Å². The van der Waals surface area contributed by atoms with Gasteiger partial charge in [0.2, 0.25) is 0 Å². The Morgan fingerprint density at radius 2 is 1.70 bits per heavy atom. The molecule has 1 aromatic rings. The van der Waals surface area contributed by atoms with Crippen LogP contribution in [0.5, 0.6) is 0 Å². The molecule has 3 atom stereocenters. The number of hydrogen-bond acceptors (Lipinski definition) is 2. The van der Waals surface area contributed by atoms with E-state index in [4.69, 9.17) is 4.74 Å². The summed E-state index contributed by atoms with van der Waals surface area (Å²) in [5, 5.41) is 9.22. The number of allylic oxidation sites excluding steroid dienone is 5. The molecule has 0 spiro atoms. The molecule has 0 heterocycles. The lowest BCUT2D eigenvalue weighted by Gasteiger charge is -2.26. The molecule has 2 aliphatic rings. The van der Waals surface area contributed by atoms with Gasteiger partial charge in [-0.3, -0.25) is 0 Å². The Labute approximate surface area is 203 Å². The number of hydrogen-bond donors (Lipinski definition) is 1. The quantitative estimate of drug-likeness (QED) is 0.407. The molecule has 0 aromatic heterocycles. The van der Waals surface area contributed by atoms with Crippen LogP contribution in [-0.2, 0) is 4.74 Å². The predicted molar refractivity (Wildman–Crippen MR) is 143 cm³/mol. The Balaban J connectivity index is 0.000000299. The van der Waals surface area contributed by atoms with Crippen LogP contribution in [0.4, 0.5) is 0 Å². The van der Waals surface area contributed by atoms with Gasteiger partial charge in [0.1, 0.15) is 0 Å². The van der Waals surface area contributed by atoms with Crippen LogP contribution in [0.3, 0.4) is 0 Å². The highest BCUT2D eigenvalue weighted by Gasteiger charge is 2.19. The minimum atomic E-state index is -0.141. The monoisotopic (exact) mass is 452 g/mol. The number of aliphatic hydroxyl groups is 1. The lowest BCUT2D eigenvalue weighted by molar-refractivity contribution is 0.0541. The second-order valence-corrected chi connectivity index (χ2v) is 10.1. The lowest BCUT2D eigenvalue weighted by atomic mass is 9.79. The zero-order chi connectivity index (χ0) is 24.1. The van der Waals surface area contributed by atoms with E-state index in [-0.39, 0.29) is 6.10 Å². The largest absolute Gasteiger partial charge is 0.393 e. The van der Waals surface area contributed by atoms with E-state index in [2.05, 4.69) is 68.5 Å². The standard InChI is InChI=1S/C22H28.C9H20O2/c1-17-3-7-19(8-4-17)9-10-20-11-15-22(16-12-20)21-13-5-18(2)6-14-21;1-4-9(10)7-6-8(3)11-5-2/h3,7-12,15-18,21H,4-6,13-14H2,1-2H3;8-10H,4-7H2,1-3H3/b10-9+;. The van der Waals surface area contributed by atoms with E-state index in [1.165, 1.54) is 42.4 Å². The maximum Gasteiger partial charge on any atom is 0.0547 e. The van der Waals surface area contributed by atoms with Gasteiger partial charge in [-0.2, -0.15) is 0 Å². The highest BCUT2D eigenvalue weighted by atomic mass is 16.5. The Bertz CT molecular complexity index is 735. The second kappa shape index (κ2) is 15.3. The summed E-state index contributed by atoms with van der Waals surface area (Å²) < 4.78 is 5.33. The van der Waals surface area contributed by atoms with Crippen LogP contribution in [0.2, 0.25) is 0 Å². The summed E-state index contributed by atoms with van der Waals surface area (Å²) in [6, 6.07) is 9.24. The van der Waals surface area contributed by atoms with Crippen molar-refractivity contribution in [3.8, 4) is 0 Å². The molecule has 2 nitrogen and oxygen atoms in total. The van der Waals surface area contributed by atoms with Gasteiger partial charge in [0.25, 0.3) is 0 Å². The van der Waals surface area contributed by atoms with E-state index >= 15 is 0 Å². The van der Waals surface area contributed by atoms with Crippen LogP contribution in [0, 0.1) is 11.8 Å². The van der Waals surface area contributed by atoms with E-state index in [1.54, 1.807) is 0 Å². The highest BCUT2D eigenvalue weighted by Crippen LogP contribution is 2.35. The summed E-state index contributed by atoms with van der Waals surface area (Å²) in [5.74, 6) is 2.41. The molecule has 1 aromatic carbocycles. The summed E-state index contributed by atoms with van der Waals surface area (Å²) in [4.78, 5) is 0. The first kappa shape index (κ1) is 27.6. The second-order valence-electron chi connectivity index (χ2n) is 10.1. The molecule has 3 rings (SSSR count). The number of benzene rings is 1. The Kier molecular flexibility index (Phi) is 12.8. The first-order chi connectivity index (χ1) is 15.9. The summed E-state index contributed by atoms with van der Waals surface area (Å²) in [7, 11) is 0. The van der Waals surface area contributed by atoms with Crippen LogP contribution in [0.1, 0.15) is 103 Å². The zero-order valence-electron chi connectivity index (χ0n) is 21.8. The van der Waals surface area contributed by atoms with Crippen molar-refractivity contribution < 1.29 is 9.84 Å². The molecule has 0 bridgehead atoms. The molecule has 0 radical (unpaired) electrons. The van der Waals surface area contributed by atoms with E-state index in [1.807, 2.05) is 20.8 Å². The van der Waals surface area contributed by atoms with Crippen molar-refractivity contribution >= 4 is 6.08 Å². The van der Waals surface area contributed by atoms with Gasteiger partial charge in [0.05, 0.1) is 12.2 Å². The number of ether oxygens (including phenoxy) is 1. The Morgan fingerprint density at radius 1 is 1.00 bits per heavy atom. The summed E-state index contributed by atoms with van der Waals surface area (Å²) >= 11 is 0. The molecule has 0 saturated heterocycles. The van der Waals surface area contributed by atoms with Crippen molar-refractivity contribution in [1.29, 1.82) is 0 Å². The lowest BCUT2D eigenvalue weighted by Crippen LogP contribution is -2.12. The van der Waals surface area contributed by atoms with Crippen LogP contribution >= 0.6 is 0 Å². The van der Waals surface area contributed by atoms with Crippen LogP contribution in [-0.4, -0.2) is 23.9 Å². The van der Waals surface area contributed by atoms with Gasteiger partial charge in [-0.15, -0.1) is 0 Å². The molecule has 2 heteroatoms. The van der Waals surface area contributed by atoms with Crippen molar-refractivity contribution in [2.75, 3.05) is 6.61 Å². The third kappa shape index (κ3) is 10.9. The van der Waals surface area contributed by atoms with Crippen molar-refractivity contribution in [3.05, 3.63) is 65.3 Å². The maximum atomic E-state index is 9.22. The average molecular weight is 453 g/mol. The van der Waals surface area contributed by atoms with Crippen LogP contribution < -0.4 is 0 Å². The van der Waals surface area contributed by atoms with Gasteiger partial charge in [-0.1, -0.05) is 88.3 Å². The number of rotatable bonds is 9. The van der Waals surface area contributed by atoms with Gasteiger partial charge in [0, 0.05) is 6.61 Å². The molecule has 0 amide bonds. The molecule has 1 N–H and O–H groups in total. The summed E-state index contributed by atoms with van der Waals surface area (Å²) in [6.45, 7) is 11.5. The fourth-order valence-corrected chi connectivity index (χ4v) is 4.53.